The lowest BCUT2D eigenvalue weighted by molar-refractivity contribution is 0.0391. The number of sulfone groups is 1. The highest BCUT2D eigenvalue weighted by atomic mass is 32.2. The van der Waals surface area contributed by atoms with Crippen LogP contribution in [0.15, 0.2) is 41.3 Å². The Kier molecular flexibility index (Phi) is 8.45. The third-order valence-electron chi connectivity index (χ3n) is 5.78. The molecule has 1 aromatic heterocycles. The maximum atomic E-state index is 13.8. The number of nitrogens with zero attached hydrogens (tertiary/aromatic N) is 3. The van der Waals surface area contributed by atoms with Crippen molar-refractivity contribution in [3.63, 3.8) is 0 Å². The van der Waals surface area contributed by atoms with E-state index in [2.05, 4.69) is 9.88 Å². The topological polar surface area (TPSA) is 98.3 Å². The number of amides is 1. The van der Waals surface area contributed by atoms with E-state index in [9.17, 15) is 13.2 Å². The standard InChI is InChI=1S/C25H31N3O6S2/c1-4-33-19-10-9-18(17-20(19)34-5-2)24(29)28(12-11-27-13-15-32-16-14-27)25-26-23-21(35-25)7-6-8-22(23)36(3,30)31/h6-10,17H,4-5,11-16H2,1-3H3. The number of thiazole rings is 1. The second-order valence-corrected chi connectivity index (χ2v) is 11.3. The molecule has 2 aromatic carbocycles. The Balaban J connectivity index is 1.72. The van der Waals surface area contributed by atoms with Gasteiger partial charge in [0.1, 0.15) is 5.52 Å². The van der Waals surface area contributed by atoms with E-state index in [1.54, 1.807) is 35.2 Å². The Labute approximate surface area is 215 Å². The SMILES string of the molecule is CCOc1ccc(C(=O)N(CCN2CCOCC2)c2nc3c(S(C)(=O)=O)cccc3s2)cc1OCC. The van der Waals surface area contributed by atoms with E-state index in [0.717, 1.165) is 19.3 Å². The van der Waals surface area contributed by atoms with Crippen LogP contribution in [0.1, 0.15) is 24.2 Å². The molecular formula is C25H31N3O6S2. The number of aromatic nitrogens is 1. The number of ether oxygens (including phenoxy) is 3. The van der Waals surface area contributed by atoms with Gasteiger partial charge in [0, 0.05) is 38.0 Å². The Morgan fingerprint density at radius 2 is 1.83 bits per heavy atom. The molecule has 36 heavy (non-hydrogen) atoms. The maximum absolute atomic E-state index is 13.8. The van der Waals surface area contributed by atoms with Crippen LogP contribution in [0.2, 0.25) is 0 Å². The number of hydrogen-bond donors (Lipinski definition) is 0. The lowest BCUT2D eigenvalue weighted by atomic mass is 10.1. The summed E-state index contributed by atoms with van der Waals surface area (Å²) in [6.45, 7) is 8.60. The third-order valence-corrected chi connectivity index (χ3v) is 7.95. The van der Waals surface area contributed by atoms with Crippen LogP contribution in [0.5, 0.6) is 11.5 Å². The first-order valence-corrected chi connectivity index (χ1v) is 14.6. The Morgan fingerprint density at radius 1 is 1.11 bits per heavy atom. The molecule has 1 saturated heterocycles. The second-order valence-electron chi connectivity index (χ2n) is 8.31. The highest BCUT2D eigenvalue weighted by Crippen LogP contribution is 2.34. The van der Waals surface area contributed by atoms with Crippen LogP contribution in [-0.2, 0) is 14.6 Å². The number of fused-ring (bicyclic) bond motifs is 1. The second kappa shape index (κ2) is 11.5. The van der Waals surface area contributed by atoms with Gasteiger partial charge in [-0.1, -0.05) is 17.4 Å². The predicted molar refractivity (Wildman–Crippen MR) is 140 cm³/mol. The summed E-state index contributed by atoms with van der Waals surface area (Å²) >= 11 is 1.30. The summed E-state index contributed by atoms with van der Waals surface area (Å²) in [7, 11) is -3.48. The maximum Gasteiger partial charge on any atom is 0.260 e. The average Bonchev–Trinajstić information content (AvgIpc) is 3.29. The molecule has 1 aliphatic rings. The van der Waals surface area contributed by atoms with Crippen LogP contribution >= 0.6 is 11.3 Å². The van der Waals surface area contributed by atoms with Gasteiger partial charge in [0.2, 0.25) is 0 Å². The molecule has 0 bridgehead atoms. The van der Waals surface area contributed by atoms with Crippen molar-refractivity contribution in [2.75, 3.05) is 63.8 Å². The molecule has 0 spiro atoms. The molecule has 0 N–H and O–H groups in total. The minimum atomic E-state index is -3.48. The lowest BCUT2D eigenvalue weighted by Gasteiger charge is -2.29. The first-order chi connectivity index (χ1) is 17.3. The van der Waals surface area contributed by atoms with E-state index < -0.39 is 9.84 Å². The fraction of sp³-hybridized carbons (Fsp3) is 0.440. The molecule has 0 unspecified atom stereocenters. The van der Waals surface area contributed by atoms with Crippen LogP contribution in [0, 0.1) is 0 Å². The van der Waals surface area contributed by atoms with Crippen LogP contribution < -0.4 is 14.4 Å². The highest BCUT2D eigenvalue weighted by molar-refractivity contribution is 7.91. The van der Waals surface area contributed by atoms with E-state index in [4.69, 9.17) is 14.2 Å². The number of anilines is 1. The molecule has 194 valence electrons. The van der Waals surface area contributed by atoms with Gasteiger partial charge in [0.15, 0.2) is 26.5 Å². The Hall–Kier alpha value is -2.73. The fourth-order valence-electron chi connectivity index (χ4n) is 4.02. The number of morpholine rings is 1. The molecule has 2 heterocycles. The smallest absolute Gasteiger partial charge is 0.260 e. The van der Waals surface area contributed by atoms with Crippen molar-refractivity contribution in [2.24, 2.45) is 0 Å². The number of benzene rings is 2. The minimum Gasteiger partial charge on any atom is -0.490 e. The summed E-state index contributed by atoms with van der Waals surface area (Å²) in [6.07, 6.45) is 1.16. The normalized spacial score (nSPS) is 14.6. The van der Waals surface area contributed by atoms with Crippen molar-refractivity contribution in [3.05, 3.63) is 42.0 Å². The van der Waals surface area contributed by atoms with Crippen LogP contribution in [0.25, 0.3) is 10.2 Å². The monoisotopic (exact) mass is 533 g/mol. The average molecular weight is 534 g/mol. The van der Waals surface area contributed by atoms with Crippen LogP contribution in [-0.4, -0.2) is 83.1 Å². The zero-order chi connectivity index (χ0) is 25.7. The molecule has 4 rings (SSSR count). The summed E-state index contributed by atoms with van der Waals surface area (Å²) in [5.74, 6) is 0.836. The van der Waals surface area contributed by atoms with Crippen molar-refractivity contribution in [2.45, 2.75) is 18.7 Å². The van der Waals surface area contributed by atoms with Crippen molar-refractivity contribution < 1.29 is 27.4 Å². The van der Waals surface area contributed by atoms with Gasteiger partial charge in [-0.05, 0) is 44.2 Å². The predicted octanol–water partition coefficient (Wildman–Crippen LogP) is 3.48. The number of carbonyl (C=O) groups excluding carboxylic acids is 1. The minimum absolute atomic E-state index is 0.155. The summed E-state index contributed by atoms with van der Waals surface area (Å²) in [5.41, 5.74) is 0.817. The number of hydrogen-bond acceptors (Lipinski definition) is 9. The van der Waals surface area contributed by atoms with E-state index in [-0.39, 0.29) is 10.8 Å². The van der Waals surface area contributed by atoms with Gasteiger partial charge in [-0.25, -0.2) is 13.4 Å². The van der Waals surface area contributed by atoms with Crippen LogP contribution in [0.4, 0.5) is 5.13 Å². The number of rotatable bonds is 10. The number of carbonyl (C=O) groups is 1. The van der Waals surface area contributed by atoms with Crippen molar-refractivity contribution in [1.29, 1.82) is 0 Å². The molecule has 0 radical (unpaired) electrons. The van der Waals surface area contributed by atoms with Gasteiger partial charge in [-0.15, -0.1) is 0 Å². The van der Waals surface area contributed by atoms with E-state index in [1.807, 2.05) is 19.9 Å². The largest absolute Gasteiger partial charge is 0.490 e. The highest BCUT2D eigenvalue weighted by Gasteiger charge is 2.25. The fourth-order valence-corrected chi connectivity index (χ4v) is 5.93. The van der Waals surface area contributed by atoms with Gasteiger partial charge in [0.05, 0.1) is 36.0 Å². The van der Waals surface area contributed by atoms with Gasteiger partial charge < -0.3 is 14.2 Å². The van der Waals surface area contributed by atoms with Gasteiger partial charge >= 0.3 is 0 Å². The molecule has 0 saturated carbocycles. The van der Waals surface area contributed by atoms with E-state index >= 15 is 0 Å². The Bertz CT molecular complexity index is 1320. The quantitative estimate of drug-likeness (QED) is 0.391. The van der Waals surface area contributed by atoms with Gasteiger partial charge in [-0.2, -0.15) is 0 Å². The van der Waals surface area contributed by atoms with Gasteiger partial charge in [0.25, 0.3) is 5.91 Å². The lowest BCUT2D eigenvalue weighted by Crippen LogP contribution is -2.43. The third kappa shape index (κ3) is 5.97. The van der Waals surface area contributed by atoms with E-state index in [0.29, 0.717) is 71.9 Å². The van der Waals surface area contributed by atoms with Crippen molar-refractivity contribution in [3.8, 4) is 11.5 Å². The van der Waals surface area contributed by atoms with Crippen LogP contribution in [0.3, 0.4) is 0 Å². The Morgan fingerprint density at radius 3 is 2.53 bits per heavy atom. The zero-order valence-corrected chi connectivity index (χ0v) is 22.4. The molecule has 11 heteroatoms. The molecule has 1 fully saturated rings. The van der Waals surface area contributed by atoms with Crippen molar-refractivity contribution >= 4 is 42.4 Å². The molecule has 3 aromatic rings. The summed E-state index contributed by atoms with van der Waals surface area (Å²) in [5, 5.41) is 0.450. The molecule has 0 aliphatic carbocycles. The molecule has 9 nitrogen and oxygen atoms in total. The molecule has 1 aliphatic heterocycles. The number of para-hydroxylation sites is 1. The summed E-state index contributed by atoms with van der Waals surface area (Å²) in [4.78, 5) is 22.5. The summed E-state index contributed by atoms with van der Waals surface area (Å²) < 4.78 is 42.2. The first kappa shape index (κ1) is 26.3. The first-order valence-electron chi connectivity index (χ1n) is 11.9. The zero-order valence-electron chi connectivity index (χ0n) is 20.7. The van der Waals surface area contributed by atoms with E-state index in [1.165, 1.54) is 11.3 Å². The molecular weight excluding hydrogens is 502 g/mol. The molecule has 1 amide bonds. The summed E-state index contributed by atoms with van der Waals surface area (Å²) in [6, 6.07) is 10.2. The van der Waals surface area contributed by atoms with Crippen molar-refractivity contribution in [1.82, 2.24) is 9.88 Å². The molecule has 0 atom stereocenters. The van der Waals surface area contributed by atoms with Gasteiger partial charge in [-0.3, -0.25) is 14.6 Å².